The highest BCUT2D eigenvalue weighted by Crippen LogP contribution is 2.45. The van der Waals surface area contributed by atoms with Gasteiger partial charge < -0.3 is 15.6 Å². The van der Waals surface area contributed by atoms with E-state index < -0.39 is 23.9 Å². The van der Waals surface area contributed by atoms with Crippen molar-refractivity contribution in [1.82, 2.24) is 0 Å². The molecule has 33 heavy (non-hydrogen) atoms. The van der Waals surface area contributed by atoms with Crippen molar-refractivity contribution >= 4 is 33.4 Å². The fraction of sp³-hybridized carbons (Fsp3) is 0.185. The Kier molecular flexibility index (Phi) is 5.70. The lowest BCUT2D eigenvalue weighted by atomic mass is 9.89. The van der Waals surface area contributed by atoms with Gasteiger partial charge in [0.2, 0.25) is 0 Å². The Bertz CT molecular complexity index is 1300. The minimum absolute atomic E-state index is 0.0723. The molecule has 0 radical (unpaired) electrons. The highest BCUT2D eigenvalue weighted by atomic mass is 32.1. The highest BCUT2D eigenvalue weighted by Gasteiger charge is 2.34. The average Bonchev–Trinajstić information content (AvgIpc) is 3.37. The number of nitrogens with two attached hydrogens (primary N) is 1. The molecular formula is C27H23NO4S. The summed E-state index contributed by atoms with van der Waals surface area (Å²) in [4.78, 5) is 24.8. The zero-order chi connectivity index (χ0) is 22.9. The molecule has 4 aromatic rings. The molecule has 5 nitrogen and oxygen atoms in total. The number of hydrogen-bond acceptors (Lipinski definition) is 5. The molecule has 5 rings (SSSR count). The van der Waals surface area contributed by atoms with Gasteiger partial charge in [-0.3, -0.25) is 9.59 Å². The molecule has 0 spiro atoms. The zero-order valence-electron chi connectivity index (χ0n) is 17.8. The largest absolute Gasteiger partial charge is 0.481 e. The van der Waals surface area contributed by atoms with Crippen molar-refractivity contribution in [3.63, 3.8) is 0 Å². The fourth-order valence-corrected chi connectivity index (χ4v) is 5.78. The lowest BCUT2D eigenvalue weighted by Gasteiger charge is -2.23. The summed E-state index contributed by atoms with van der Waals surface area (Å²) in [5, 5.41) is 12.1. The van der Waals surface area contributed by atoms with Gasteiger partial charge in [-0.05, 0) is 44.6 Å². The number of ether oxygens (including phenoxy) is 1. The third-order valence-electron chi connectivity index (χ3n) is 6.29. The van der Waals surface area contributed by atoms with Gasteiger partial charge in [-0.25, -0.2) is 0 Å². The Labute approximate surface area is 195 Å². The topological polar surface area (TPSA) is 89.6 Å². The maximum Gasteiger partial charge on any atom is 0.315 e. The van der Waals surface area contributed by atoms with E-state index in [9.17, 15) is 14.7 Å². The Hall–Kier alpha value is -3.48. The fourth-order valence-electron chi connectivity index (χ4n) is 4.79. The van der Waals surface area contributed by atoms with E-state index in [1.807, 2.05) is 53.9 Å². The normalized spacial score (nSPS) is 14.5. The summed E-state index contributed by atoms with van der Waals surface area (Å²) in [7, 11) is 0. The summed E-state index contributed by atoms with van der Waals surface area (Å²) >= 11 is 1.51. The number of carbonyl (C=O) groups is 2. The second-order valence-electron chi connectivity index (χ2n) is 8.28. The smallest absolute Gasteiger partial charge is 0.315 e. The number of thiophene rings is 1. The van der Waals surface area contributed by atoms with Crippen LogP contribution in [0.5, 0.6) is 0 Å². The number of carboxylic acids is 1. The van der Waals surface area contributed by atoms with Gasteiger partial charge in [0.25, 0.3) is 0 Å². The van der Waals surface area contributed by atoms with E-state index in [1.165, 1.54) is 11.3 Å². The number of rotatable bonds is 7. The summed E-state index contributed by atoms with van der Waals surface area (Å²) in [6, 6.07) is 23.1. The van der Waals surface area contributed by atoms with E-state index >= 15 is 0 Å². The van der Waals surface area contributed by atoms with Crippen LogP contribution in [0.4, 0.5) is 0 Å². The van der Waals surface area contributed by atoms with Crippen LogP contribution in [-0.2, 0) is 14.3 Å². The minimum Gasteiger partial charge on any atom is -0.481 e. The van der Waals surface area contributed by atoms with Crippen LogP contribution in [0.3, 0.4) is 0 Å². The molecule has 3 N–H and O–H groups in total. The van der Waals surface area contributed by atoms with E-state index in [-0.39, 0.29) is 18.9 Å². The molecule has 2 atom stereocenters. The number of aliphatic carboxylic acids is 1. The van der Waals surface area contributed by atoms with E-state index in [4.69, 9.17) is 10.5 Å². The molecular weight excluding hydrogens is 434 g/mol. The molecule has 1 heterocycles. The zero-order valence-corrected chi connectivity index (χ0v) is 18.6. The molecule has 0 fully saturated rings. The van der Waals surface area contributed by atoms with Crippen molar-refractivity contribution < 1.29 is 19.4 Å². The van der Waals surface area contributed by atoms with Gasteiger partial charge in [0.05, 0.1) is 12.3 Å². The number of benzene rings is 3. The maximum atomic E-state index is 13.4. The molecule has 0 saturated carbocycles. The third kappa shape index (κ3) is 3.92. The van der Waals surface area contributed by atoms with Crippen LogP contribution in [0.1, 0.15) is 34.9 Å². The first kappa shape index (κ1) is 21.4. The standard InChI is InChI=1S/C27H23NO4S/c28-23(13-25(29)30)26(22-15-33-24-12-6-5-11-20(22)24)27(31)32-14-21-18-9-3-1-7-16(18)17-8-2-4-10-19(17)21/h1-12,15,21,23,26H,13-14,28H2,(H,29,30)/t23-,26?/m0/s1. The van der Waals surface area contributed by atoms with E-state index in [0.717, 1.165) is 37.9 Å². The van der Waals surface area contributed by atoms with Crippen LogP contribution >= 0.6 is 11.3 Å². The molecule has 1 aliphatic carbocycles. The second-order valence-corrected chi connectivity index (χ2v) is 9.19. The van der Waals surface area contributed by atoms with Gasteiger partial charge in [-0.2, -0.15) is 0 Å². The third-order valence-corrected chi connectivity index (χ3v) is 7.27. The van der Waals surface area contributed by atoms with Gasteiger partial charge in [-0.1, -0.05) is 66.7 Å². The number of esters is 1. The first-order valence-electron chi connectivity index (χ1n) is 10.8. The molecule has 166 valence electrons. The SMILES string of the molecule is N[C@@H](CC(=O)O)C(C(=O)OCC1c2ccccc2-c2ccccc21)c1csc2ccccc12. The predicted octanol–water partition coefficient (Wildman–Crippen LogP) is 5.14. The predicted molar refractivity (Wildman–Crippen MR) is 129 cm³/mol. The molecule has 0 amide bonds. The Morgan fingerprint density at radius 3 is 2.21 bits per heavy atom. The minimum atomic E-state index is -1.04. The number of fused-ring (bicyclic) bond motifs is 4. The van der Waals surface area contributed by atoms with Gasteiger partial charge in [0.1, 0.15) is 6.61 Å². The molecule has 1 aliphatic rings. The molecule has 0 saturated heterocycles. The van der Waals surface area contributed by atoms with Gasteiger partial charge in [0, 0.05) is 16.7 Å². The first-order valence-corrected chi connectivity index (χ1v) is 11.7. The van der Waals surface area contributed by atoms with Crippen LogP contribution < -0.4 is 5.73 Å². The van der Waals surface area contributed by atoms with Crippen molar-refractivity contribution in [2.45, 2.75) is 24.3 Å². The number of carboxylic acid groups (broad SMARTS) is 1. The van der Waals surface area contributed by atoms with Gasteiger partial charge >= 0.3 is 11.9 Å². The molecule has 1 aromatic heterocycles. The summed E-state index contributed by atoms with van der Waals surface area (Å²) in [6.07, 6.45) is -0.320. The van der Waals surface area contributed by atoms with Crippen molar-refractivity contribution in [1.29, 1.82) is 0 Å². The Morgan fingerprint density at radius 1 is 0.939 bits per heavy atom. The van der Waals surface area contributed by atoms with Crippen LogP contribution in [0.2, 0.25) is 0 Å². The van der Waals surface area contributed by atoms with Crippen LogP contribution in [0.15, 0.2) is 78.2 Å². The van der Waals surface area contributed by atoms with Crippen molar-refractivity contribution in [2.75, 3.05) is 6.61 Å². The molecule has 6 heteroatoms. The second kappa shape index (κ2) is 8.81. The summed E-state index contributed by atoms with van der Waals surface area (Å²) in [6.45, 7) is 0.172. The summed E-state index contributed by atoms with van der Waals surface area (Å²) < 4.78 is 6.89. The first-order chi connectivity index (χ1) is 16.0. The quantitative estimate of drug-likeness (QED) is 0.375. The highest BCUT2D eigenvalue weighted by molar-refractivity contribution is 7.17. The van der Waals surface area contributed by atoms with Crippen molar-refractivity contribution in [3.8, 4) is 11.1 Å². The van der Waals surface area contributed by atoms with Crippen LogP contribution in [0.25, 0.3) is 21.2 Å². The Morgan fingerprint density at radius 2 is 1.55 bits per heavy atom. The average molecular weight is 458 g/mol. The van der Waals surface area contributed by atoms with Gasteiger partial charge in [-0.15, -0.1) is 11.3 Å². The van der Waals surface area contributed by atoms with E-state index in [0.29, 0.717) is 0 Å². The van der Waals surface area contributed by atoms with Crippen molar-refractivity contribution in [3.05, 3.63) is 94.9 Å². The summed E-state index contributed by atoms with van der Waals surface area (Å²) in [5.74, 6) is -2.46. The summed E-state index contributed by atoms with van der Waals surface area (Å²) in [5.41, 5.74) is 11.5. The van der Waals surface area contributed by atoms with Crippen LogP contribution in [0, 0.1) is 0 Å². The Balaban J connectivity index is 1.44. The molecule has 3 aromatic carbocycles. The van der Waals surface area contributed by atoms with Crippen LogP contribution in [-0.4, -0.2) is 29.7 Å². The molecule has 0 bridgehead atoms. The lowest BCUT2D eigenvalue weighted by Crippen LogP contribution is -2.37. The van der Waals surface area contributed by atoms with Crippen molar-refractivity contribution in [2.24, 2.45) is 5.73 Å². The monoisotopic (exact) mass is 457 g/mol. The maximum absolute atomic E-state index is 13.4. The van der Waals surface area contributed by atoms with E-state index in [1.54, 1.807) is 0 Å². The van der Waals surface area contributed by atoms with Gasteiger partial charge in [0.15, 0.2) is 0 Å². The number of hydrogen-bond donors (Lipinski definition) is 2. The molecule has 1 unspecified atom stereocenters. The van der Waals surface area contributed by atoms with E-state index in [2.05, 4.69) is 24.3 Å². The molecule has 0 aliphatic heterocycles. The number of carbonyl (C=O) groups excluding carboxylic acids is 1. The lowest BCUT2D eigenvalue weighted by molar-refractivity contribution is -0.146.